The molecule has 2 heterocycles. The summed E-state index contributed by atoms with van der Waals surface area (Å²) in [4.78, 5) is 4.28. The summed E-state index contributed by atoms with van der Waals surface area (Å²) in [6.07, 6.45) is 4.64. The van der Waals surface area contributed by atoms with Crippen LogP contribution in [0.15, 0.2) is 42.7 Å². The maximum atomic E-state index is 5.90. The third-order valence-electron chi connectivity index (χ3n) is 4.96. The van der Waals surface area contributed by atoms with Gasteiger partial charge in [-0.05, 0) is 61.5 Å². The summed E-state index contributed by atoms with van der Waals surface area (Å²) >= 11 is 0. The van der Waals surface area contributed by atoms with E-state index in [1.165, 1.54) is 38.1 Å². The fraction of sp³-hybridized carbons (Fsp3) is 0.286. The Morgan fingerprint density at radius 3 is 2.80 bits per heavy atom. The zero-order chi connectivity index (χ0) is 17.6. The Labute approximate surface area is 147 Å². The van der Waals surface area contributed by atoms with E-state index in [0.29, 0.717) is 6.61 Å². The van der Waals surface area contributed by atoms with E-state index in [1.807, 2.05) is 25.4 Å². The van der Waals surface area contributed by atoms with E-state index in [4.69, 9.17) is 10.5 Å². The van der Waals surface area contributed by atoms with Crippen LogP contribution in [0.5, 0.6) is 5.75 Å². The monoisotopic (exact) mass is 333 g/mol. The van der Waals surface area contributed by atoms with Crippen molar-refractivity contribution < 1.29 is 4.74 Å². The molecule has 0 bridgehead atoms. The Morgan fingerprint density at radius 1 is 1.16 bits per heavy atom. The molecule has 4 nitrogen and oxygen atoms in total. The van der Waals surface area contributed by atoms with Gasteiger partial charge >= 0.3 is 0 Å². The van der Waals surface area contributed by atoms with Crippen molar-refractivity contribution in [1.82, 2.24) is 9.55 Å². The van der Waals surface area contributed by atoms with Gasteiger partial charge in [-0.25, -0.2) is 0 Å². The number of aryl methyl sites for hydroxylation is 2. The second kappa shape index (κ2) is 6.05. The first-order valence-corrected chi connectivity index (χ1v) is 8.70. The fourth-order valence-corrected chi connectivity index (χ4v) is 3.65. The van der Waals surface area contributed by atoms with Crippen LogP contribution in [0.25, 0.3) is 32.6 Å². The molecule has 0 amide bonds. The van der Waals surface area contributed by atoms with E-state index in [-0.39, 0.29) is 6.04 Å². The highest BCUT2D eigenvalue weighted by atomic mass is 16.5. The molecule has 0 unspecified atom stereocenters. The van der Waals surface area contributed by atoms with Crippen molar-refractivity contribution in [2.75, 3.05) is 6.61 Å². The molecular weight excluding hydrogens is 310 g/mol. The molecule has 1 atom stereocenters. The van der Waals surface area contributed by atoms with Crippen molar-refractivity contribution in [3.8, 4) is 5.75 Å². The predicted molar refractivity (Wildman–Crippen MR) is 104 cm³/mol. The molecule has 0 fully saturated rings. The average Bonchev–Trinajstić information content (AvgIpc) is 2.87. The van der Waals surface area contributed by atoms with E-state index < -0.39 is 0 Å². The number of ether oxygens (including phenoxy) is 1. The number of rotatable bonds is 4. The van der Waals surface area contributed by atoms with Crippen molar-refractivity contribution in [3.63, 3.8) is 0 Å². The average molecular weight is 333 g/mol. The molecule has 0 aliphatic rings. The lowest BCUT2D eigenvalue weighted by Crippen LogP contribution is -2.18. The van der Waals surface area contributed by atoms with Crippen LogP contribution in [0.2, 0.25) is 0 Å². The van der Waals surface area contributed by atoms with Crippen LogP contribution in [0.4, 0.5) is 0 Å². The topological polar surface area (TPSA) is 53.1 Å². The summed E-state index contributed by atoms with van der Waals surface area (Å²) in [5.41, 5.74) is 9.56. The van der Waals surface area contributed by atoms with E-state index >= 15 is 0 Å². The number of nitrogens with zero attached hydrogens (tertiary/aromatic N) is 2. The standard InChI is InChI=1S/C21H23N3O/c1-13(22)7-9-25-16-4-5-20-18(11-16)19-10-15-12-23-8-6-17(15)14(2)21(19)24(20)3/h4-6,8,10-13H,7,9,22H2,1-3H3/t13-/m1/s1. The van der Waals surface area contributed by atoms with Crippen LogP contribution >= 0.6 is 0 Å². The minimum atomic E-state index is 0.155. The van der Waals surface area contributed by atoms with Gasteiger partial charge in [-0.15, -0.1) is 0 Å². The molecule has 0 spiro atoms. The van der Waals surface area contributed by atoms with Crippen LogP contribution in [0.1, 0.15) is 18.9 Å². The second-order valence-electron chi connectivity index (χ2n) is 6.85. The molecule has 2 N–H and O–H groups in total. The van der Waals surface area contributed by atoms with Crippen LogP contribution in [-0.2, 0) is 7.05 Å². The number of hydrogen-bond acceptors (Lipinski definition) is 3. The summed E-state index contributed by atoms with van der Waals surface area (Å²) in [7, 11) is 2.13. The Morgan fingerprint density at radius 2 is 2.00 bits per heavy atom. The Bertz CT molecular complexity index is 1080. The summed E-state index contributed by atoms with van der Waals surface area (Å²) in [6.45, 7) is 4.82. The van der Waals surface area contributed by atoms with Gasteiger partial charge < -0.3 is 15.0 Å². The van der Waals surface area contributed by atoms with Gasteiger partial charge in [0.1, 0.15) is 5.75 Å². The normalized spacial score (nSPS) is 13.0. The molecule has 0 saturated carbocycles. The molecule has 128 valence electrons. The zero-order valence-electron chi connectivity index (χ0n) is 14.9. The molecular formula is C21H23N3O. The first-order valence-electron chi connectivity index (χ1n) is 8.70. The number of aromatic nitrogens is 2. The van der Waals surface area contributed by atoms with Crippen molar-refractivity contribution in [2.24, 2.45) is 12.8 Å². The van der Waals surface area contributed by atoms with Gasteiger partial charge in [-0.3, -0.25) is 4.98 Å². The summed E-state index contributed by atoms with van der Waals surface area (Å²) in [5, 5.41) is 4.88. The van der Waals surface area contributed by atoms with Crippen LogP contribution in [0.3, 0.4) is 0 Å². The minimum absolute atomic E-state index is 0.155. The lowest BCUT2D eigenvalue weighted by Gasteiger charge is -2.08. The highest BCUT2D eigenvalue weighted by Crippen LogP contribution is 2.36. The number of nitrogens with two attached hydrogens (primary N) is 1. The molecule has 25 heavy (non-hydrogen) atoms. The molecule has 0 aliphatic carbocycles. The minimum Gasteiger partial charge on any atom is -0.494 e. The van der Waals surface area contributed by atoms with Crippen LogP contribution < -0.4 is 10.5 Å². The summed E-state index contributed by atoms with van der Waals surface area (Å²) in [6, 6.07) is 10.8. The maximum Gasteiger partial charge on any atom is 0.120 e. The van der Waals surface area contributed by atoms with Crippen LogP contribution in [0, 0.1) is 6.92 Å². The maximum absolute atomic E-state index is 5.90. The lowest BCUT2D eigenvalue weighted by atomic mass is 10.0. The Balaban J connectivity index is 1.91. The van der Waals surface area contributed by atoms with E-state index in [0.717, 1.165) is 12.2 Å². The van der Waals surface area contributed by atoms with Crippen molar-refractivity contribution in [2.45, 2.75) is 26.3 Å². The van der Waals surface area contributed by atoms with Gasteiger partial charge in [-0.1, -0.05) is 0 Å². The quantitative estimate of drug-likeness (QED) is 0.605. The molecule has 2 aromatic carbocycles. The smallest absolute Gasteiger partial charge is 0.120 e. The van der Waals surface area contributed by atoms with Gasteiger partial charge in [0, 0.05) is 47.2 Å². The molecule has 4 heteroatoms. The van der Waals surface area contributed by atoms with Gasteiger partial charge in [0.25, 0.3) is 0 Å². The van der Waals surface area contributed by atoms with Gasteiger partial charge in [-0.2, -0.15) is 0 Å². The number of benzene rings is 2. The van der Waals surface area contributed by atoms with Crippen LogP contribution in [-0.4, -0.2) is 22.2 Å². The first kappa shape index (κ1) is 15.9. The third-order valence-corrected chi connectivity index (χ3v) is 4.96. The van der Waals surface area contributed by atoms with E-state index in [9.17, 15) is 0 Å². The number of pyridine rings is 1. The van der Waals surface area contributed by atoms with E-state index in [1.54, 1.807) is 0 Å². The van der Waals surface area contributed by atoms with Gasteiger partial charge in [0.05, 0.1) is 12.1 Å². The van der Waals surface area contributed by atoms with Crippen molar-refractivity contribution in [1.29, 1.82) is 0 Å². The van der Waals surface area contributed by atoms with E-state index in [2.05, 4.69) is 47.8 Å². The molecule has 2 aromatic heterocycles. The second-order valence-corrected chi connectivity index (χ2v) is 6.85. The molecule has 0 saturated heterocycles. The SMILES string of the molecule is Cc1c2ccncc2cc2c3cc(OCC[C@@H](C)N)ccc3n(C)c12. The highest BCUT2D eigenvalue weighted by Gasteiger charge is 2.14. The summed E-state index contributed by atoms with van der Waals surface area (Å²) in [5.74, 6) is 0.893. The zero-order valence-corrected chi connectivity index (χ0v) is 14.9. The summed E-state index contributed by atoms with van der Waals surface area (Å²) < 4.78 is 8.17. The van der Waals surface area contributed by atoms with Crippen molar-refractivity contribution in [3.05, 3.63) is 48.3 Å². The molecule has 0 radical (unpaired) electrons. The number of hydrogen-bond donors (Lipinski definition) is 1. The lowest BCUT2D eigenvalue weighted by molar-refractivity contribution is 0.301. The Hall–Kier alpha value is -2.59. The third kappa shape index (κ3) is 2.63. The van der Waals surface area contributed by atoms with Gasteiger partial charge in [0.2, 0.25) is 0 Å². The highest BCUT2D eigenvalue weighted by molar-refractivity contribution is 6.14. The Kier molecular flexibility index (Phi) is 3.85. The first-order chi connectivity index (χ1) is 12.1. The predicted octanol–water partition coefficient (Wildman–Crippen LogP) is 4.30. The molecule has 4 rings (SSSR count). The number of fused-ring (bicyclic) bond motifs is 4. The fourth-order valence-electron chi connectivity index (χ4n) is 3.65. The van der Waals surface area contributed by atoms with Crippen molar-refractivity contribution >= 4 is 32.6 Å². The molecule has 4 aromatic rings. The van der Waals surface area contributed by atoms with Gasteiger partial charge in [0.15, 0.2) is 0 Å². The largest absolute Gasteiger partial charge is 0.494 e. The molecule has 0 aliphatic heterocycles.